The van der Waals surface area contributed by atoms with Gasteiger partial charge in [0.15, 0.2) is 0 Å². The van der Waals surface area contributed by atoms with Crippen LogP contribution in [0.5, 0.6) is 0 Å². The van der Waals surface area contributed by atoms with Crippen LogP contribution in [0.2, 0.25) is 0 Å². The first-order valence-corrected chi connectivity index (χ1v) is 2.19. The number of hydrogen-bond donors (Lipinski definition) is 0. The Morgan fingerprint density at radius 3 is 1.14 bits per heavy atom. The molecule has 1 radical (unpaired) electrons. The first-order valence-electron chi connectivity index (χ1n) is 0.730. The summed E-state index contributed by atoms with van der Waals surface area (Å²) in [5.41, 5.74) is 0. The van der Waals surface area contributed by atoms with E-state index in [2.05, 4.69) is 0 Å². The van der Waals surface area contributed by atoms with Crippen molar-refractivity contribution in [1.82, 2.24) is 0 Å². The SMILES string of the molecule is O=P([O-])([O-])[O-].[Au].[PH4+]. The Hall–Kier alpha value is 1.28. The van der Waals surface area contributed by atoms with Crippen LogP contribution in [0.15, 0.2) is 0 Å². The zero-order valence-corrected chi connectivity index (χ0v) is 8.44. The van der Waals surface area contributed by atoms with Gasteiger partial charge in [0, 0.05) is 22.4 Å². The van der Waals surface area contributed by atoms with Gasteiger partial charge in [-0.3, -0.25) is 0 Å². The molecule has 0 aliphatic carbocycles. The summed E-state index contributed by atoms with van der Waals surface area (Å²) in [6, 6.07) is 0. The minimum absolute atomic E-state index is 0. The molecule has 51 valence electrons. The first-order chi connectivity index (χ1) is 2.00. The monoisotopic (exact) mass is 327 g/mol. The van der Waals surface area contributed by atoms with E-state index in [0.717, 1.165) is 0 Å². The fraction of sp³-hybridized carbons (Fsp3) is 0. The second-order valence-corrected chi connectivity index (χ2v) is 1.34. The molecule has 0 bridgehead atoms. The molecule has 0 saturated carbocycles. The van der Waals surface area contributed by atoms with E-state index in [1.54, 1.807) is 0 Å². The van der Waals surface area contributed by atoms with Gasteiger partial charge in [-0.25, -0.2) is 0 Å². The van der Waals surface area contributed by atoms with Crippen molar-refractivity contribution in [2.45, 2.75) is 0 Å². The minimum atomic E-state index is -5.39. The summed E-state index contributed by atoms with van der Waals surface area (Å²) < 4.78 is 8.55. The molecule has 0 aromatic carbocycles. The number of hydrogen-bond acceptors (Lipinski definition) is 4. The average molecular weight is 327 g/mol. The van der Waals surface area contributed by atoms with Gasteiger partial charge in [-0.15, -0.1) is 0 Å². The van der Waals surface area contributed by atoms with E-state index in [4.69, 9.17) is 19.2 Å². The van der Waals surface area contributed by atoms with Crippen LogP contribution in [-0.4, -0.2) is 0 Å². The Balaban J connectivity index is -0.0000000800. The fourth-order valence-corrected chi connectivity index (χ4v) is 0. The molecule has 0 N–H and O–H groups in total. The summed E-state index contributed by atoms with van der Waals surface area (Å²) in [7, 11) is -5.39. The fourth-order valence-electron chi connectivity index (χ4n) is 0. The van der Waals surface area contributed by atoms with Gasteiger partial charge in [-0.05, 0) is 9.90 Å². The largest absolute Gasteiger partial charge is 0.822 e. The molecule has 7 heavy (non-hydrogen) atoms. The Morgan fingerprint density at radius 1 is 1.14 bits per heavy atom. The Morgan fingerprint density at radius 2 is 1.14 bits per heavy atom. The molecule has 0 rings (SSSR count). The van der Waals surface area contributed by atoms with Crippen molar-refractivity contribution in [2.24, 2.45) is 0 Å². The summed E-state index contributed by atoms with van der Waals surface area (Å²) in [6.07, 6.45) is 0. The van der Waals surface area contributed by atoms with E-state index in [-0.39, 0.29) is 32.3 Å². The smallest absolute Gasteiger partial charge is 0 e. The maximum absolute atomic E-state index is 8.55. The van der Waals surface area contributed by atoms with E-state index >= 15 is 0 Å². The van der Waals surface area contributed by atoms with Crippen LogP contribution in [0.3, 0.4) is 0 Å². The van der Waals surface area contributed by atoms with Gasteiger partial charge >= 0.3 is 0 Å². The van der Waals surface area contributed by atoms with E-state index in [1.807, 2.05) is 0 Å². The molecule has 1 unspecified atom stereocenters. The molecular formula is H4AuO4P2-2. The number of rotatable bonds is 0. The standard InChI is InChI=1S/Au.H3O4P.H3P/c;1-5(2,3)4;/h;(H3,1,2,3,4);1H3/p-2. The van der Waals surface area contributed by atoms with Gasteiger partial charge in [-0.2, -0.15) is 7.82 Å². The van der Waals surface area contributed by atoms with Crippen molar-refractivity contribution < 1.29 is 41.6 Å². The molecule has 4 nitrogen and oxygen atoms in total. The third-order valence-electron chi connectivity index (χ3n) is 0. The van der Waals surface area contributed by atoms with Gasteiger partial charge in [0.2, 0.25) is 0 Å². The van der Waals surface area contributed by atoms with Gasteiger partial charge in [0.1, 0.15) is 0 Å². The van der Waals surface area contributed by atoms with Crippen LogP contribution in [0.1, 0.15) is 0 Å². The van der Waals surface area contributed by atoms with Crippen molar-refractivity contribution in [3.05, 3.63) is 0 Å². The predicted octanol–water partition coefficient (Wildman–Crippen LogP) is -3.04. The summed E-state index contributed by atoms with van der Waals surface area (Å²) in [6.45, 7) is 0. The average Bonchev–Trinajstić information content (AvgIpc) is 0.722. The summed E-state index contributed by atoms with van der Waals surface area (Å²) >= 11 is 0. The minimum Gasteiger partial charge on any atom is -0.822 e. The molecule has 0 aromatic rings. The molecular weight excluding hydrogens is 323 g/mol. The molecule has 0 aliphatic rings. The zero-order chi connectivity index (χ0) is 4.50. The molecule has 0 amide bonds. The van der Waals surface area contributed by atoms with E-state index in [1.165, 1.54) is 0 Å². The van der Waals surface area contributed by atoms with E-state index in [9.17, 15) is 0 Å². The maximum Gasteiger partial charge on any atom is 0 e. The maximum atomic E-state index is 8.55. The van der Waals surface area contributed by atoms with E-state index in [0.29, 0.717) is 0 Å². The quantitative estimate of drug-likeness (QED) is 0.350. The normalized spacial score (nSPS) is 8.43. The van der Waals surface area contributed by atoms with Gasteiger partial charge in [-0.1, -0.05) is 0 Å². The summed E-state index contributed by atoms with van der Waals surface area (Å²) in [5.74, 6) is 0. The van der Waals surface area contributed by atoms with Crippen LogP contribution in [0.4, 0.5) is 0 Å². The second kappa shape index (κ2) is 5.42. The summed E-state index contributed by atoms with van der Waals surface area (Å²) in [4.78, 5) is 25.6. The molecule has 1 atom stereocenters. The molecule has 0 aromatic heterocycles. The van der Waals surface area contributed by atoms with Gasteiger partial charge in [0.25, 0.3) is 0 Å². The Labute approximate surface area is 59.7 Å². The first kappa shape index (κ1) is 15.7. The van der Waals surface area contributed by atoms with Crippen LogP contribution in [0, 0.1) is 0 Å². The third-order valence-corrected chi connectivity index (χ3v) is 0. The molecule has 7 heteroatoms. The van der Waals surface area contributed by atoms with Crippen LogP contribution in [0.25, 0.3) is 0 Å². The topological polar surface area (TPSA) is 86.2 Å². The third kappa shape index (κ3) is 124. The predicted molar refractivity (Wildman–Crippen MR) is 20.1 cm³/mol. The van der Waals surface area contributed by atoms with E-state index < -0.39 is 7.82 Å². The van der Waals surface area contributed by atoms with Crippen molar-refractivity contribution in [3.63, 3.8) is 0 Å². The van der Waals surface area contributed by atoms with Crippen molar-refractivity contribution >= 4 is 17.7 Å². The van der Waals surface area contributed by atoms with Crippen molar-refractivity contribution in [3.8, 4) is 0 Å². The summed E-state index contributed by atoms with van der Waals surface area (Å²) in [5, 5.41) is 0. The van der Waals surface area contributed by atoms with Crippen molar-refractivity contribution in [1.29, 1.82) is 0 Å². The number of phosphoric acid groups is 1. The Bertz CT molecular complexity index is 55.8. The van der Waals surface area contributed by atoms with Crippen LogP contribution in [-0.2, 0) is 26.9 Å². The molecule has 0 aliphatic heterocycles. The molecule has 0 spiro atoms. The second-order valence-electron chi connectivity index (χ2n) is 0.447. The van der Waals surface area contributed by atoms with Crippen LogP contribution >= 0.6 is 17.7 Å². The van der Waals surface area contributed by atoms with Gasteiger partial charge in [0.05, 0.1) is 0 Å². The molecule has 0 heterocycles. The van der Waals surface area contributed by atoms with Crippen molar-refractivity contribution in [2.75, 3.05) is 0 Å². The molecule has 0 saturated heterocycles. The van der Waals surface area contributed by atoms with Crippen LogP contribution < -0.4 is 14.7 Å². The molecule has 0 fully saturated rings. The van der Waals surface area contributed by atoms with Gasteiger partial charge < -0.3 is 19.2 Å². The zero-order valence-electron chi connectivity index (χ0n) is 3.38. The Kier molecular flexibility index (Phi) is 12.2.